The summed E-state index contributed by atoms with van der Waals surface area (Å²) in [6, 6.07) is 21.4. The van der Waals surface area contributed by atoms with E-state index in [9.17, 15) is 14.7 Å². The largest absolute Gasteiger partial charge is 0.497 e. The topological polar surface area (TPSA) is 120 Å². The van der Waals surface area contributed by atoms with Crippen LogP contribution in [0.3, 0.4) is 0 Å². The molecule has 3 aromatic rings. The minimum Gasteiger partial charge on any atom is -0.497 e. The Bertz CT molecular complexity index is 1820. The molecule has 52 heavy (non-hydrogen) atoms. The van der Waals surface area contributed by atoms with Gasteiger partial charge < -0.3 is 35.0 Å². The standard InChI is InChI=1S/C40H49BrN4O6Si/c1-25-37(52(3,4)31-16-14-30(50-2)15-17-31)35(22-36(47)44-20-6-7-29(44)24-46)51-40(25)32-21-27(41)11-18-34(32)45(39(40)49)23-26-9-12-28(13-10-26)43-38(48)33-8-5-19-42-33/h9-18,21,25,29,33,35,37,42,46H,5-8,19-20,22-24H2,1-4H3,(H,43,48)/t25-,29+,33-,35+,37-,40+/m1/s1. The molecule has 6 atom stereocenters. The average molecular weight is 790 g/mol. The van der Waals surface area contributed by atoms with E-state index in [4.69, 9.17) is 9.47 Å². The van der Waals surface area contributed by atoms with Crippen LogP contribution in [0.15, 0.2) is 71.2 Å². The molecule has 0 aromatic heterocycles. The molecule has 0 radical (unpaired) electrons. The number of aliphatic hydroxyl groups excluding tert-OH is 1. The number of carbonyl (C=O) groups excluding carboxylic acids is 3. The van der Waals surface area contributed by atoms with E-state index in [0.717, 1.165) is 59.3 Å². The van der Waals surface area contributed by atoms with Crippen LogP contribution in [0.25, 0.3) is 0 Å². The Kier molecular flexibility index (Phi) is 10.4. The van der Waals surface area contributed by atoms with E-state index in [1.807, 2.05) is 64.4 Å². The normalized spacial score (nSPS) is 27.0. The fraction of sp³-hybridized carbons (Fsp3) is 0.475. The SMILES string of the molecule is COc1ccc([Si](C)(C)[C@H]2[C@H](CC(=O)N3CCC[C@H]3CO)O[C@@]3(C(=O)N(Cc4ccc(NC(=O)[C@H]5CCCN5)cc4)c4ccc(Br)cc43)[C@@H]2C)cc1. The lowest BCUT2D eigenvalue weighted by atomic mass is 9.82. The van der Waals surface area contributed by atoms with Gasteiger partial charge in [0.25, 0.3) is 5.91 Å². The van der Waals surface area contributed by atoms with Gasteiger partial charge in [0, 0.05) is 28.2 Å². The van der Waals surface area contributed by atoms with E-state index in [1.165, 1.54) is 5.19 Å². The summed E-state index contributed by atoms with van der Waals surface area (Å²) in [6.07, 6.45) is 3.08. The van der Waals surface area contributed by atoms with E-state index >= 15 is 4.79 Å². The molecule has 10 nitrogen and oxygen atoms in total. The number of methoxy groups -OCH3 is 1. The molecule has 3 saturated heterocycles. The fourth-order valence-electron chi connectivity index (χ4n) is 9.30. The van der Waals surface area contributed by atoms with Crippen molar-refractivity contribution in [3.05, 3.63) is 82.3 Å². The number of fused-ring (bicyclic) bond motifs is 2. The van der Waals surface area contributed by atoms with Gasteiger partial charge >= 0.3 is 0 Å². The maximum Gasteiger partial charge on any atom is 0.264 e. The lowest BCUT2D eigenvalue weighted by Gasteiger charge is -2.37. The summed E-state index contributed by atoms with van der Waals surface area (Å²) in [4.78, 5) is 45.5. The molecular formula is C40H49BrN4O6Si. The summed E-state index contributed by atoms with van der Waals surface area (Å²) in [6.45, 7) is 8.47. The Morgan fingerprint density at radius 1 is 1.08 bits per heavy atom. The minimum absolute atomic E-state index is 0.0332. The van der Waals surface area contributed by atoms with Crippen LogP contribution in [0, 0.1) is 5.92 Å². The predicted molar refractivity (Wildman–Crippen MR) is 207 cm³/mol. The van der Waals surface area contributed by atoms with Crippen LogP contribution in [0.1, 0.15) is 50.2 Å². The number of nitrogens with one attached hydrogen (secondary N) is 2. The van der Waals surface area contributed by atoms with Crippen molar-refractivity contribution in [2.24, 2.45) is 5.92 Å². The van der Waals surface area contributed by atoms with Crippen LogP contribution in [0.4, 0.5) is 11.4 Å². The molecule has 3 fully saturated rings. The second-order valence-corrected chi connectivity index (χ2v) is 20.9. The van der Waals surface area contributed by atoms with Crippen LogP contribution in [0.2, 0.25) is 18.6 Å². The van der Waals surface area contributed by atoms with Crippen LogP contribution in [0.5, 0.6) is 5.75 Å². The summed E-state index contributed by atoms with van der Waals surface area (Å²) in [5, 5.41) is 17.5. The highest BCUT2D eigenvalue weighted by Crippen LogP contribution is 2.60. The maximum absolute atomic E-state index is 15.1. The summed E-state index contributed by atoms with van der Waals surface area (Å²) in [5.74, 6) is 0.315. The number of rotatable bonds is 10. The molecule has 4 aliphatic heterocycles. The molecule has 3 amide bonds. The van der Waals surface area contributed by atoms with Crippen molar-refractivity contribution in [3.63, 3.8) is 0 Å². The minimum atomic E-state index is -2.45. The Morgan fingerprint density at radius 3 is 2.50 bits per heavy atom. The summed E-state index contributed by atoms with van der Waals surface area (Å²) in [5.41, 5.74) is 1.84. The highest BCUT2D eigenvalue weighted by molar-refractivity contribution is 9.10. The number of nitrogens with zero attached hydrogens (tertiary/aromatic N) is 2. The Labute approximate surface area is 315 Å². The molecular weight excluding hydrogens is 740 g/mol. The molecule has 3 N–H and O–H groups in total. The van der Waals surface area contributed by atoms with E-state index in [-0.39, 0.29) is 54.3 Å². The van der Waals surface area contributed by atoms with Crippen molar-refractivity contribution in [2.45, 2.75) is 88.0 Å². The molecule has 4 aliphatic rings. The van der Waals surface area contributed by atoms with E-state index in [1.54, 1.807) is 7.11 Å². The number of carbonyl (C=O) groups is 3. The average Bonchev–Trinajstić information content (AvgIpc) is 3.94. The van der Waals surface area contributed by atoms with Crippen LogP contribution < -0.4 is 25.5 Å². The number of anilines is 2. The van der Waals surface area contributed by atoms with Crippen LogP contribution >= 0.6 is 15.9 Å². The zero-order chi connectivity index (χ0) is 36.8. The van der Waals surface area contributed by atoms with Gasteiger partial charge in [-0.25, -0.2) is 0 Å². The van der Waals surface area contributed by atoms with E-state index in [0.29, 0.717) is 18.8 Å². The van der Waals surface area contributed by atoms with Gasteiger partial charge in [0.2, 0.25) is 11.8 Å². The molecule has 12 heteroatoms. The van der Waals surface area contributed by atoms with Crippen molar-refractivity contribution in [3.8, 4) is 5.75 Å². The first-order valence-corrected chi connectivity index (χ1v) is 22.3. The highest BCUT2D eigenvalue weighted by Gasteiger charge is 2.66. The molecule has 0 unspecified atom stereocenters. The van der Waals surface area contributed by atoms with Crippen molar-refractivity contribution < 1.29 is 29.0 Å². The van der Waals surface area contributed by atoms with E-state index < -0.39 is 19.8 Å². The monoisotopic (exact) mass is 788 g/mol. The number of ether oxygens (including phenoxy) is 2. The second kappa shape index (κ2) is 14.7. The molecule has 0 aliphatic carbocycles. The first-order valence-electron chi connectivity index (χ1n) is 18.5. The summed E-state index contributed by atoms with van der Waals surface area (Å²) >= 11 is 3.68. The van der Waals surface area contributed by atoms with Gasteiger partial charge in [0.15, 0.2) is 5.60 Å². The first kappa shape index (κ1) is 36.8. The lowest BCUT2D eigenvalue weighted by Crippen LogP contribution is -2.52. The third-order valence-corrected chi connectivity index (χ3v) is 16.9. The van der Waals surface area contributed by atoms with Gasteiger partial charge in [-0.15, -0.1) is 0 Å². The lowest BCUT2D eigenvalue weighted by molar-refractivity contribution is -0.150. The third-order valence-electron chi connectivity index (χ3n) is 12.0. The highest BCUT2D eigenvalue weighted by atomic mass is 79.9. The van der Waals surface area contributed by atoms with Gasteiger partial charge in [-0.3, -0.25) is 14.4 Å². The fourth-order valence-corrected chi connectivity index (χ4v) is 13.7. The molecule has 4 heterocycles. The Balaban J connectivity index is 1.22. The molecule has 1 spiro atoms. The second-order valence-electron chi connectivity index (χ2n) is 15.3. The summed E-state index contributed by atoms with van der Waals surface area (Å²) < 4.78 is 13.5. The van der Waals surface area contributed by atoms with E-state index in [2.05, 4.69) is 58.7 Å². The smallest absolute Gasteiger partial charge is 0.264 e. The zero-order valence-electron chi connectivity index (χ0n) is 30.4. The molecule has 0 bridgehead atoms. The summed E-state index contributed by atoms with van der Waals surface area (Å²) in [7, 11) is -0.791. The Morgan fingerprint density at radius 2 is 1.83 bits per heavy atom. The maximum atomic E-state index is 15.1. The first-order chi connectivity index (χ1) is 25.0. The number of likely N-dealkylation sites (tertiary alicyclic amines) is 1. The number of halogens is 1. The van der Waals surface area contributed by atoms with Gasteiger partial charge in [-0.1, -0.05) is 65.4 Å². The van der Waals surface area contributed by atoms with Crippen LogP contribution in [-0.2, 0) is 31.3 Å². The van der Waals surface area contributed by atoms with Crippen molar-refractivity contribution in [1.82, 2.24) is 10.2 Å². The van der Waals surface area contributed by atoms with Gasteiger partial charge in [-0.2, -0.15) is 0 Å². The van der Waals surface area contributed by atoms with Gasteiger partial charge in [-0.05, 0) is 85.8 Å². The van der Waals surface area contributed by atoms with Crippen LogP contribution in [-0.4, -0.2) is 80.8 Å². The van der Waals surface area contributed by atoms with Crippen molar-refractivity contribution in [2.75, 3.05) is 37.0 Å². The number of hydrogen-bond acceptors (Lipinski definition) is 7. The third kappa shape index (κ3) is 6.50. The number of benzene rings is 3. The van der Waals surface area contributed by atoms with Crippen molar-refractivity contribution >= 4 is 58.3 Å². The number of amides is 3. The zero-order valence-corrected chi connectivity index (χ0v) is 32.9. The number of aliphatic hydroxyl groups is 1. The molecule has 3 aromatic carbocycles. The van der Waals surface area contributed by atoms with Crippen molar-refractivity contribution in [1.29, 1.82) is 0 Å². The predicted octanol–water partition coefficient (Wildman–Crippen LogP) is 5.28. The molecule has 7 rings (SSSR count). The molecule has 0 saturated carbocycles. The van der Waals surface area contributed by atoms with Gasteiger partial charge in [0.05, 0.1) is 58.6 Å². The Hall–Kier alpha value is -3.55. The quantitative estimate of drug-likeness (QED) is 0.239. The molecule has 276 valence electrons. The van der Waals surface area contributed by atoms with Gasteiger partial charge in [0.1, 0.15) is 5.75 Å². The number of hydrogen-bond donors (Lipinski definition) is 3.